The number of esters is 1. The predicted molar refractivity (Wildman–Crippen MR) is 125 cm³/mol. The lowest BCUT2D eigenvalue weighted by Crippen LogP contribution is -2.21. The Labute approximate surface area is 196 Å². The number of hydrogen-bond acceptors (Lipinski definition) is 7. The number of nitrogens with zero attached hydrogens (tertiary/aromatic N) is 1. The molecule has 3 rings (SSSR count). The summed E-state index contributed by atoms with van der Waals surface area (Å²) < 4.78 is 11.5. The summed E-state index contributed by atoms with van der Waals surface area (Å²) in [5.41, 5.74) is 1.32. The molecule has 0 aliphatic heterocycles. The van der Waals surface area contributed by atoms with Crippen molar-refractivity contribution in [3.05, 3.63) is 73.6 Å². The lowest BCUT2D eigenvalue weighted by atomic mass is 10.0. The number of carbonyl (C=O) groups is 2. The number of rotatable bonds is 8. The minimum absolute atomic E-state index is 0.0578. The molecular weight excluding hydrogens is 500 g/mol. The van der Waals surface area contributed by atoms with Gasteiger partial charge in [0.2, 0.25) is 0 Å². The van der Waals surface area contributed by atoms with Gasteiger partial charge in [0, 0.05) is 27.0 Å². The van der Waals surface area contributed by atoms with Gasteiger partial charge >= 0.3 is 5.97 Å². The number of carbonyl (C=O) groups excluding carboxylic acids is 2. The standard InChI is InChI=1S/C22H19BrN2O6S/c1-3-30-22(27)20-19(14-7-9-16(10-8-14)25(28)29)13(2)32-21(20)24-18(26)12-31-17-6-4-5-15(23)11-17/h4-11H,3,12H2,1-2H3,(H,24,26). The number of halogens is 1. The Balaban J connectivity index is 1.88. The number of anilines is 1. The summed E-state index contributed by atoms with van der Waals surface area (Å²) in [6.07, 6.45) is 0. The van der Waals surface area contributed by atoms with Gasteiger partial charge in [0.1, 0.15) is 16.3 Å². The molecule has 8 nitrogen and oxygen atoms in total. The number of non-ortho nitro benzene ring substituents is 1. The van der Waals surface area contributed by atoms with Crippen LogP contribution in [0.4, 0.5) is 10.7 Å². The molecule has 0 aliphatic rings. The Morgan fingerprint density at radius 3 is 2.53 bits per heavy atom. The van der Waals surface area contributed by atoms with Gasteiger partial charge in [0.15, 0.2) is 6.61 Å². The second-order valence-corrected chi connectivity index (χ2v) is 8.70. The maximum atomic E-state index is 12.7. The molecule has 0 saturated carbocycles. The first-order valence-corrected chi connectivity index (χ1v) is 11.1. The molecule has 0 unspecified atom stereocenters. The third kappa shape index (κ3) is 5.51. The van der Waals surface area contributed by atoms with E-state index in [0.29, 0.717) is 21.9 Å². The van der Waals surface area contributed by atoms with Crippen molar-refractivity contribution in [1.29, 1.82) is 0 Å². The number of aryl methyl sites for hydroxylation is 1. The van der Waals surface area contributed by atoms with E-state index >= 15 is 0 Å². The van der Waals surface area contributed by atoms with Crippen molar-refractivity contribution in [2.75, 3.05) is 18.5 Å². The van der Waals surface area contributed by atoms with Crippen LogP contribution in [0.2, 0.25) is 0 Å². The average Bonchev–Trinajstić information content (AvgIpc) is 3.08. The van der Waals surface area contributed by atoms with E-state index < -0.39 is 16.8 Å². The molecule has 0 fully saturated rings. The number of ether oxygens (including phenoxy) is 2. The highest BCUT2D eigenvalue weighted by molar-refractivity contribution is 9.10. The maximum Gasteiger partial charge on any atom is 0.341 e. The smallest absolute Gasteiger partial charge is 0.341 e. The summed E-state index contributed by atoms with van der Waals surface area (Å²) in [4.78, 5) is 36.5. The Morgan fingerprint density at radius 1 is 1.19 bits per heavy atom. The first-order chi connectivity index (χ1) is 15.3. The molecule has 2 aromatic carbocycles. The second-order valence-electron chi connectivity index (χ2n) is 6.56. The molecule has 166 valence electrons. The van der Waals surface area contributed by atoms with E-state index in [1.54, 1.807) is 44.2 Å². The fourth-order valence-corrected chi connectivity index (χ4v) is 4.46. The molecule has 3 aromatic rings. The van der Waals surface area contributed by atoms with Crippen molar-refractivity contribution in [3.63, 3.8) is 0 Å². The maximum absolute atomic E-state index is 12.7. The molecule has 0 aliphatic carbocycles. The summed E-state index contributed by atoms with van der Waals surface area (Å²) in [6.45, 7) is 3.40. The van der Waals surface area contributed by atoms with Crippen molar-refractivity contribution in [2.45, 2.75) is 13.8 Å². The van der Waals surface area contributed by atoms with Gasteiger partial charge < -0.3 is 14.8 Å². The van der Waals surface area contributed by atoms with Crippen molar-refractivity contribution in [2.24, 2.45) is 0 Å². The van der Waals surface area contributed by atoms with Crippen LogP contribution in [-0.4, -0.2) is 30.0 Å². The van der Waals surface area contributed by atoms with Crippen LogP contribution in [0, 0.1) is 17.0 Å². The predicted octanol–water partition coefficient (Wildman–Crippen LogP) is 5.59. The zero-order chi connectivity index (χ0) is 23.3. The lowest BCUT2D eigenvalue weighted by molar-refractivity contribution is -0.384. The summed E-state index contributed by atoms with van der Waals surface area (Å²) in [5.74, 6) is -0.505. The zero-order valence-corrected chi connectivity index (χ0v) is 19.6. The Kier molecular flexibility index (Phi) is 7.60. The Morgan fingerprint density at radius 2 is 1.91 bits per heavy atom. The summed E-state index contributed by atoms with van der Waals surface area (Å²) in [5, 5.41) is 14.0. The van der Waals surface area contributed by atoms with Gasteiger partial charge in [0.25, 0.3) is 11.6 Å². The van der Waals surface area contributed by atoms with Gasteiger partial charge in [-0.2, -0.15) is 0 Å². The van der Waals surface area contributed by atoms with Crippen molar-refractivity contribution >= 4 is 49.8 Å². The van der Waals surface area contributed by atoms with Crippen molar-refractivity contribution in [1.82, 2.24) is 0 Å². The van der Waals surface area contributed by atoms with E-state index in [0.717, 1.165) is 9.35 Å². The zero-order valence-electron chi connectivity index (χ0n) is 17.2. The highest BCUT2D eigenvalue weighted by Crippen LogP contribution is 2.40. The van der Waals surface area contributed by atoms with Crippen LogP contribution in [0.1, 0.15) is 22.2 Å². The molecule has 1 aromatic heterocycles. The molecular formula is C22H19BrN2O6S. The van der Waals surface area contributed by atoms with Crippen LogP contribution in [-0.2, 0) is 9.53 Å². The van der Waals surface area contributed by atoms with Gasteiger partial charge in [-0.3, -0.25) is 14.9 Å². The highest BCUT2D eigenvalue weighted by atomic mass is 79.9. The van der Waals surface area contributed by atoms with Crippen LogP contribution in [0.3, 0.4) is 0 Å². The van der Waals surface area contributed by atoms with E-state index in [1.807, 2.05) is 6.07 Å². The van der Waals surface area contributed by atoms with Crippen LogP contribution < -0.4 is 10.1 Å². The fraction of sp³-hybridized carbons (Fsp3) is 0.182. The second kappa shape index (κ2) is 10.4. The molecule has 32 heavy (non-hydrogen) atoms. The van der Waals surface area contributed by atoms with E-state index in [2.05, 4.69) is 21.2 Å². The van der Waals surface area contributed by atoms with Crippen molar-refractivity contribution in [3.8, 4) is 16.9 Å². The molecule has 0 radical (unpaired) electrons. The van der Waals surface area contributed by atoms with Gasteiger partial charge in [-0.1, -0.05) is 22.0 Å². The third-order valence-corrected chi connectivity index (χ3v) is 5.86. The van der Waals surface area contributed by atoms with E-state index in [-0.39, 0.29) is 24.5 Å². The van der Waals surface area contributed by atoms with Gasteiger partial charge in [-0.05, 0) is 49.7 Å². The van der Waals surface area contributed by atoms with Crippen LogP contribution in [0.15, 0.2) is 53.0 Å². The first kappa shape index (κ1) is 23.4. The monoisotopic (exact) mass is 518 g/mol. The van der Waals surface area contributed by atoms with Crippen LogP contribution >= 0.6 is 27.3 Å². The number of nitro groups is 1. The van der Waals surface area contributed by atoms with Crippen molar-refractivity contribution < 1.29 is 24.0 Å². The Bertz CT molecular complexity index is 1160. The minimum Gasteiger partial charge on any atom is -0.484 e. The number of nitro benzene ring substituents is 1. The summed E-state index contributed by atoms with van der Waals surface area (Å²) in [7, 11) is 0. The SMILES string of the molecule is CCOC(=O)c1c(NC(=O)COc2cccc(Br)c2)sc(C)c1-c1ccc([N+](=O)[O-])cc1. The molecule has 0 atom stereocenters. The van der Waals surface area contributed by atoms with E-state index in [9.17, 15) is 19.7 Å². The fourth-order valence-electron chi connectivity index (χ4n) is 3.00. The average molecular weight is 519 g/mol. The summed E-state index contributed by atoms with van der Waals surface area (Å²) in [6, 6.07) is 13.0. The Hall–Kier alpha value is -3.24. The third-order valence-electron chi connectivity index (χ3n) is 4.35. The largest absolute Gasteiger partial charge is 0.484 e. The molecule has 1 heterocycles. The van der Waals surface area contributed by atoms with Gasteiger partial charge in [-0.25, -0.2) is 4.79 Å². The van der Waals surface area contributed by atoms with Gasteiger partial charge in [-0.15, -0.1) is 11.3 Å². The highest BCUT2D eigenvalue weighted by Gasteiger charge is 2.26. The quantitative estimate of drug-likeness (QED) is 0.236. The molecule has 0 spiro atoms. The summed E-state index contributed by atoms with van der Waals surface area (Å²) >= 11 is 4.56. The number of nitrogens with one attached hydrogen (secondary N) is 1. The molecule has 1 amide bonds. The minimum atomic E-state index is -0.589. The molecule has 1 N–H and O–H groups in total. The molecule has 0 bridgehead atoms. The number of thiophene rings is 1. The molecule has 0 saturated heterocycles. The molecule has 10 heteroatoms. The lowest BCUT2D eigenvalue weighted by Gasteiger charge is -2.10. The topological polar surface area (TPSA) is 108 Å². The number of hydrogen-bond donors (Lipinski definition) is 1. The van der Waals surface area contributed by atoms with Gasteiger partial charge in [0.05, 0.1) is 11.5 Å². The van der Waals surface area contributed by atoms with E-state index in [4.69, 9.17) is 9.47 Å². The first-order valence-electron chi connectivity index (χ1n) is 9.53. The van der Waals surface area contributed by atoms with Crippen LogP contribution in [0.5, 0.6) is 5.75 Å². The van der Waals surface area contributed by atoms with E-state index in [1.165, 1.54) is 23.5 Å². The number of benzene rings is 2. The van der Waals surface area contributed by atoms with Crippen LogP contribution in [0.25, 0.3) is 11.1 Å². The normalized spacial score (nSPS) is 10.5. The number of amides is 1.